The number of nitrogens with one attached hydrogen (secondary N) is 1. The van der Waals surface area contributed by atoms with E-state index in [1.807, 2.05) is 18.6 Å². The molecule has 3 aromatic rings. The Labute approximate surface area is 200 Å². The maximum Gasteiger partial charge on any atom is 0.225 e. The van der Waals surface area contributed by atoms with Gasteiger partial charge in [-0.2, -0.15) is 0 Å². The quantitative estimate of drug-likeness (QED) is 0.537. The van der Waals surface area contributed by atoms with Crippen LogP contribution in [0, 0.1) is 6.92 Å². The van der Waals surface area contributed by atoms with Gasteiger partial charge in [-0.15, -0.1) is 0 Å². The summed E-state index contributed by atoms with van der Waals surface area (Å²) in [6.07, 6.45) is 11.7. The molecule has 2 aliphatic heterocycles. The van der Waals surface area contributed by atoms with Gasteiger partial charge in [-0.25, -0.2) is 15.0 Å². The van der Waals surface area contributed by atoms with Crippen molar-refractivity contribution in [2.75, 3.05) is 38.2 Å². The number of carbonyl (C=O) groups excluding carboxylic acids is 1. The van der Waals surface area contributed by atoms with Gasteiger partial charge in [0.2, 0.25) is 12.4 Å². The van der Waals surface area contributed by atoms with Gasteiger partial charge in [0, 0.05) is 75.2 Å². The van der Waals surface area contributed by atoms with Gasteiger partial charge in [0.25, 0.3) is 0 Å². The molecule has 2 fully saturated rings. The lowest BCUT2D eigenvalue weighted by molar-refractivity contribution is -0.110. The van der Waals surface area contributed by atoms with Crippen LogP contribution in [0.2, 0.25) is 0 Å². The summed E-state index contributed by atoms with van der Waals surface area (Å²) in [6.45, 7) is 7.78. The van der Waals surface area contributed by atoms with E-state index in [0.29, 0.717) is 6.04 Å². The van der Waals surface area contributed by atoms with E-state index in [4.69, 9.17) is 14.7 Å². The van der Waals surface area contributed by atoms with Crippen LogP contribution < -0.4 is 10.2 Å². The second-order valence-corrected chi connectivity index (χ2v) is 9.29. The highest BCUT2D eigenvalue weighted by molar-refractivity contribution is 5.68. The molecule has 0 radical (unpaired) electrons. The number of fused-ring (bicyclic) bond motifs is 1. The molecule has 5 rings (SSSR count). The van der Waals surface area contributed by atoms with Gasteiger partial charge < -0.3 is 19.4 Å². The first-order valence-electron chi connectivity index (χ1n) is 12.1. The van der Waals surface area contributed by atoms with Crippen LogP contribution in [0.3, 0.4) is 0 Å². The first-order valence-corrected chi connectivity index (χ1v) is 12.1. The molecule has 2 saturated heterocycles. The fourth-order valence-electron chi connectivity index (χ4n) is 5.44. The molecule has 9 heteroatoms. The van der Waals surface area contributed by atoms with Crippen LogP contribution in [0.4, 0.5) is 5.95 Å². The molecule has 1 amide bonds. The smallest absolute Gasteiger partial charge is 0.225 e. The second kappa shape index (κ2) is 9.68. The molecule has 2 aliphatic rings. The Hall–Kier alpha value is -3.04. The Kier molecular flexibility index (Phi) is 6.47. The SMILES string of the molecule is CCc1nc(N2CCC(N3C[C@@H](NC=O)[C@H](OC)C3)CC2)ncc1-c1cc(C)c2nccn2c1. The lowest BCUT2D eigenvalue weighted by Gasteiger charge is -2.36. The Morgan fingerprint density at radius 2 is 2.06 bits per heavy atom. The van der Waals surface area contributed by atoms with Crippen LogP contribution in [-0.4, -0.2) is 82.1 Å². The van der Waals surface area contributed by atoms with Gasteiger partial charge >= 0.3 is 0 Å². The summed E-state index contributed by atoms with van der Waals surface area (Å²) in [7, 11) is 1.72. The fraction of sp³-hybridized carbons (Fsp3) is 0.520. The monoisotopic (exact) mass is 463 g/mol. The van der Waals surface area contributed by atoms with Gasteiger partial charge in [-0.1, -0.05) is 6.92 Å². The van der Waals surface area contributed by atoms with Crippen LogP contribution in [0.25, 0.3) is 16.8 Å². The average Bonchev–Trinajstić information content (AvgIpc) is 3.51. The predicted octanol–water partition coefficient (Wildman–Crippen LogP) is 2.08. The standard InChI is InChI=1S/C25H33N7O2/c1-4-21-20(18-11-17(2)24-26-7-10-31(24)13-18)12-27-25(29-21)30-8-5-19(6-9-30)32-14-22(28-16-33)23(15-32)34-3/h7,10-13,16,19,22-23H,4-6,8-9,14-15H2,1-3H3,(H,28,33)/t22-,23-/m1/s1. The Bertz CT molecular complexity index is 1160. The molecule has 34 heavy (non-hydrogen) atoms. The fourth-order valence-corrected chi connectivity index (χ4v) is 5.44. The molecule has 0 aliphatic carbocycles. The summed E-state index contributed by atoms with van der Waals surface area (Å²) in [5, 5.41) is 2.91. The summed E-state index contributed by atoms with van der Waals surface area (Å²) in [5.74, 6) is 0.816. The van der Waals surface area contributed by atoms with E-state index in [1.165, 1.54) is 0 Å². The van der Waals surface area contributed by atoms with Crippen LogP contribution in [-0.2, 0) is 16.0 Å². The number of rotatable bonds is 7. The van der Waals surface area contributed by atoms with Crippen molar-refractivity contribution in [3.63, 3.8) is 0 Å². The molecule has 1 N–H and O–H groups in total. The number of likely N-dealkylation sites (tertiary alicyclic amines) is 1. The zero-order valence-electron chi connectivity index (χ0n) is 20.1. The third-order valence-corrected chi connectivity index (χ3v) is 7.32. The van der Waals surface area contributed by atoms with Crippen molar-refractivity contribution in [2.45, 2.75) is 51.3 Å². The molecule has 0 bridgehead atoms. The van der Waals surface area contributed by atoms with Crippen LogP contribution >= 0.6 is 0 Å². The third kappa shape index (κ3) is 4.25. The largest absolute Gasteiger partial charge is 0.378 e. The molecule has 5 heterocycles. The number of hydrogen-bond acceptors (Lipinski definition) is 7. The summed E-state index contributed by atoms with van der Waals surface area (Å²) in [6, 6.07) is 2.72. The lowest BCUT2D eigenvalue weighted by Crippen LogP contribution is -2.45. The van der Waals surface area contributed by atoms with Crippen molar-refractivity contribution in [3.05, 3.63) is 42.1 Å². The van der Waals surface area contributed by atoms with E-state index in [9.17, 15) is 4.79 Å². The van der Waals surface area contributed by atoms with Crippen molar-refractivity contribution in [3.8, 4) is 11.1 Å². The molecule has 180 valence electrons. The normalized spacial score (nSPS) is 21.9. The molecule has 3 aromatic heterocycles. The number of carbonyl (C=O) groups is 1. The lowest BCUT2D eigenvalue weighted by atomic mass is 10.0. The van der Waals surface area contributed by atoms with Gasteiger partial charge in [0.1, 0.15) is 5.65 Å². The summed E-state index contributed by atoms with van der Waals surface area (Å²) in [4.78, 5) is 29.9. The van der Waals surface area contributed by atoms with Crippen molar-refractivity contribution >= 4 is 18.0 Å². The molecule has 0 unspecified atom stereocenters. The van der Waals surface area contributed by atoms with Gasteiger partial charge in [0.05, 0.1) is 17.8 Å². The number of anilines is 1. The van der Waals surface area contributed by atoms with Crippen LogP contribution in [0.5, 0.6) is 0 Å². The van der Waals surface area contributed by atoms with Crippen molar-refractivity contribution in [1.29, 1.82) is 0 Å². The van der Waals surface area contributed by atoms with Crippen molar-refractivity contribution in [1.82, 2.24) is 29.6 Å². The second-order valence-electron chi connectivity index (χ2n) is 9.29. The number of methoxy groups -OCH3 is 1. The number of nitrogens with zero attached hydrogens (tertiary/aromatic N) is 6. The first-order chi connectivity index (χ1) is 16.6. The maximum absolute atomic E-state index is 10.9. The number of aromatic nitrogens is 4. The highest BCUT2D eigenvalue weighted by Gasteiger charge is 2.37. The van der Waals surface area contributed by atoms with E-state index in [0.717, 1.165) is 85.8 Å². The molecular formula is C25H33N7O2. The van der Waals surface area contributed by atoms with E-state index in [2.05, 4.69) is 50.6 Å². The van der Waals surface area contributed by atoms with Gasteiger partial charge in [0.15, 0.2) is 0 Å². The minimum absolute atomic E-state index is 0.0522. The van der Waals surface area contributed by atoms with Gasteiger partial charge in [-0.05, 0) is 37.8 Å². The number of pyridine rings is 1. The highest BCUT2D eigenvalue weighted by Crippen LogP contribution is 2.28. The minimum Gasteiger partial charge on any atom is -0.378 e. The van der Waals surface area contributed by atoms with E-state index >= 15 is 0 Å². The molecule has 0 spiro atoms. The van der Waals surface area contributed by atoms with Crippen LogP contribution in [0.1, 0.15) is 31.0 Å². The zero-order chi connectivity index (χ0) is 23.7. The summed E-state index contributed by atoms with van der Waals surface area (Å²) < 4.78 is 7.65. The predicted molar refractivity (Wildman–Crippen MR) is 131 cm³/mol. The van der Waals surface area contributed by atoms with Gasteiger partial charge in [-0.3, -0.25) is 9.69 Å². The highest BCUT2D eigenvalue weighted by atomic mass is 16.5. The van der Waals surface area contributed by atoms with Crippen molar-refractivity contribution in [2.24, 2.45) is 0 Å². The average molecular weight is 464 g/mol. The number of piperidine rings is 1. The topological polar surface area (TPSA) is 87.9 Å². The number of hydrogen-bond donors (Lipinski definition) is 1. The Morgan fingerprint density at radius 3 is 2.79 bits per heavy atom. The molecule has 0 aromatic carbocycles. The number of ether oxygens (including phenoxy) is 1. The zero-order valence-corrected chi connectivity index (χ0v) is 20.1. The Balaban J connectivity index is 1.28. The number of aryl methyl sites for hydroxylation is 2. The Morgan fingerprint density at radius 1 is 1.24 bits per heavy atom. The molecular weight excluding hydrogens is 430 g/mol. The van der Waals surface area contributed by atoms with E-state index in [-0.39, 0.29) is 12.1 Å². The summed E-state index contributed by atoms with van der Waals surface area (Å²) >= 11 is 0. The van der Waals surface area contributed by atoms with E-state index in [1.54, 1.807) is 7.11 Å². The molecule has 9 nitrogen and oxygen atoms in total. The van der Waals surface area contributed by atoms with Crippen LogP contribution in [0.15, 0.2) is 30.9 Å². The minimum atomic E-state index is 0.0522. The summed E-state index contributed by atoms with van der Waals surface area (Å²) in [5.41, 5.74) is 5.38. The molecule has 0 saturated carbocycles. The number of amides is 1. The van der Waals surface area contributed by atoms with E-state index < -0.39 is 0 Å². The number of imidazole rings is 1. The first kappa shape index (κ1) is 22.7. The van der Waals surface area contributed by atoms with Crippen molar-refractivity contribution < 1.29 is 9.53 Å². The maximum atomic E-state index is 10.9. The molecule has 2 atom stereocenters. The third-order valence-electron chi connectivity index (χ3n) is 7.32.